The third-order valence-electron chi connectivity index (χ3n) is 3.61. The molecular formula is C15H31N3S. The average molecular weight is 286 g/mol. The predicted octanol–water partition coefficient (Wildman–Crippen LogP) is 3.26. The standard InChI is InChI=1S/C15H31N3S/c1-5-16-15(17-10-6-7-12(2)3)18-13-8-9-14(11-13)19-4/h12-14H,5-11H2,1-4H3,(H2,16,17,18). The Labute approximate surface area is 123 Å². The van der Waals surface area contributed by atoms with E-state index in [2.05, 4.69) is 42.7 Å². The monoisotopic (exact) mass is 285 g/mol. The second kappa shape index (κ2) is 9.51. The van der Waals surface area contributed by atoms with Gasteiger partial charge in [-0.15, -0.1) is 0 Å². The van der Waals surface area contributed by atoms with Crippen LogP contribution in [0.25, 0.3) is 0 Å². The second-order valence-electron chi connectivity index (χ2n) is 5.81. The summed E-state index contributed by atoms with van der Waals surface area (Å²) in [5.74, 6) is 1.79. The summed E-state index contributed by atoms with van der Waals surface area (Å²) in [4.78, 5) is 4.69. The molecule has 0 radical (unpaired) electrons. The fourth-order valence-electron chi connectivity index (χ4n) is 2.49. The Kier molecular flexibility index (Phi) is 8.35. The molecule has 1 fully saturated rings. The first-order valence-electron chi connectivity index (χ1n) is 7.73. The van der Waals surface area contributed by atoms with Crippen LogP contribution in [0.4, 0.5) is 0 Å². The van der Waals surface area contributed by atoms with Gasteiger partial charge < -0.3 is 10.6 Å². The fraction of sp³-hybridized carbons (Fsp3) is 0.933. The van der Waals surface area contributed by atoms with Crippen LogP contribution >= 0.6 is 11.8 Å². The number of guanidine groups is 1. The largest absolute Gasteiger partial charge is 0.357 e. The lowest BCUT2D eigenvalue weighted by molar-refractivity contribution is 0.558. The lowest BCUT2D eigenvalue weighted by Gasteiger charge is -2.17. The summed E-state index contributed by atoms with van der Waals surface area (Å²) in [5.41, 5.74) is 0. The zero-order chi connectivity index (χ0) is 14.1. The van der Waals surface area contributed by atoms with Gasteiger partial charge in [0.2, 0.25) is 0 Å². The molecule has 0 aromatic carbocycles. The summed E-state index contributed by atoms with van der Waals surface area (Å²) in [5, 5.41) is 7.79. The number of hydrogen-bond acceptors (Lipinski definition) is 2. The number of thioether (sulfide) groups is 1. The van der Waals surface area contributed by atoms with E-state index in [1.807, 2.05) is 11.8 Å². The van der Waals surface area contributed by atoms with Crippen molar-refractivity contribution in [2.24, 2.45) is 10.9 Å². The van der Waals surface area contributed by atoms with Gasteiger partial charge in [-0.2, -0.15) is 11.8 Å². The highest BCUT2D eigenvalue weighted by molar-refractivity contribution is 7.99. The van der Waals surface area contributed by atoms with Crippen LogP contribution in [-0.4, -0.2) is 36.6 Å². The lowest BCUT2D eigenvalue weighted by atomic mass is 10.1. The molecule has 0 heterocycles. The summed E-state index contributed by atoms with van der Waals surface area (Å²) in [7, 11) is 0. The van der Waals surface area contributed by atoms with E-state index in [0.717, 1.165) is 30.2 Å². The molecule has 1 aliphatic carbocycles. The van der Waals surface area contributed by atoms with Gasteiger partial charge in [-0.05, 0) is 51.2 Å². The van der Waals surface area contributed by atoms with Crippen LogP contribution in [0.2, 0.25) is 0 Å². The SMILES string of the molecule is CCNC(=NCCCC(C)C)NC1CCC(SC)C1. The highest BCUT2D eigenvalue weighted by Crippen LogP contribution is 2.27. The van der Waals surface area contributed by atoms with E-state index < -0.39 is 0 Å². The Morgan fingerprint density at radius 2 is 2.16 bits per heavy atom. The molecule has 2 unspecified atom stereocenters. The predicted molar refractivity (Wildman–Crippen MR) is 88.1 cm³/mol. The molecule has 0 aromatic rings. The fourth-order valence-corrected chi connectivity index (χ4v) is 3.29. The molecule has 0 aliphatic heterocycles. The first kappa shape index (κ1) is 16.7. The van der Waals surface area contributed by atoms with Crippen LogP contribution in [0.5, 0.6) is 0 Å². The number of rotatable bonds is 7. The van der Waals surface area contributed by atoms with E-state index in [9.17, 15) is 0 Å². The Morgan fingerprint density at radius 3 is 2.74 bits per heavy atom. The Hall–Kier alpha value is -0.380. The van der Waals surface area contributed by atoms with E-state index in [4.69, 9.17) is 0 Å². The second-order valence-corrected chi connectivity index (χ2v) is 6.95. The van der Waals surface area contributed by atoms with Gasteiger partial charge in [0.25, 0.3) is 0 Å². The van der Waals surface area contributed by atoms with Gasteiger partial charge in [-0.3, -0.25) is 4.99 Å². The van der Waals surface area contributed by atoms with Crippen LogP contribution in [-0.2, 0) is 0 Å². The highest BCUT2D eigenvalue weighted by Gasteiger charge is 2.24. The summed E-state index contributed by atoms with van der Waals surface area (Å²) in [6, 6.07) is 0.611. The molecule has 1 rings (SSSR count). The molecule has 1 saturated carbocycles. The van der Waals surface area contributed by atoms with Crippen molar-refractivity contribution in [3.8, 4) is 0 Å². The smallest absolute Gasteiger partial charge is 0.191 e. The van der Waals surface area contributed by atoms with E-state index >= 15 is 0 Å². The first-order valence-corrected chi connectivity index (χ1v) is 9.02. The third-order valence-corrected chi connectivity index (χ3v) is 4.71. The number of aliphatic imine (C=N–C) groups is 1. The molecule has 0 saturated heterocycles. The van der Waals surface area contributed by atoms with Crippen molar-refractivity contribution < 1.29 is 0 Å². The van der Waals surface area contributed by atoms with Crippen LogP contribution in [0, 0.1) is 5.92 Å². The minimum Gasteiger partial charge on any atom is -0.357 e. The summed E-state index contributed by atoms with van der Waals surface area (Å²) in [6.45, 7) is 8.55. The van der Waals surface area contributed by atoms with Gasteiger partial charge in [0.05, 0.1) is 0 Å². The topological polar surface area (TPSA) is 36.4 Å². The Balaban J connectivity index is 2.33. The van der Waals surface area contributed by atoms with Gasteiger partial charge in [-0.25, -0.2) is 0 Å². The first-order chi connectivity index (χ1) is 9.15. The zero-order valence-corrected chi connectivity index (χ0v) is 13.9. The summed E-state index contributed by atoms with van der Waals surface area (Å²) < 4.78 is 0. The van der Waals surface area contributed by atoms with Crippen molar-refractivity contribution in [3.05, 3.63) is 0 Å². The maximum absolute atomic E-state index is 4.69. The highest BCUT2D eigenvalue weighted by atomic mass is 32.2. The molecule has 19 heavy (non-hydrogen) atoms. The molecule has 0 amide bonds. The molecule has 3 nitrogen and oxygen atoms in total. The molecule has 4 heteroatoms. The lowest BCUT2D eigenvalue weighted by Crippen LogP contribution is -2.42. The Morgan fingerprint density at radius 1 is 1.37 bits per heavy atom. The normalized spacial score (nSPS) is 23.9. The van der Waals surface area contributed by atoms with Gasteiger partial charge in [0.1, 0.15) is 0 Å². The van der Waals surface area contributed by atoms with E-state index in [0.29, 0.717) is 6.04 Å². The summed E-state index contributed by atoms with van der Waals surface area (Å²) >= 11 is 2.00. The molecule has 2 N–H and O–H groups in total. The molecule has 112 valence electrons. The van der Waals surface area contributed by atoms with Gasteiger partial charge in [0.15, 0.2) is 5.96 Å². The van der Waals surface area contributed by atoms with Crippen LogP contribution < -0.4 is 10.6 Å². The van der Waals surface area contributed by atoms with Crippen molar-refractivity contribution in [1.82, 2.24) is 10.6 Å². The van der Waals surface area contributed by atoms with E-state index in [1.54, 1.807) is 0 Å². The minimum absolute atomic E-state index is 0.611. The van der Waals surface area contributed by atoms with Crippen molar-refractivity contribution >= 4 is 17.7 Å². The maximum Gasteiger partial charge on any atom is 0.191 e. The molecule has 0 spiro atoms. The molecule has 0 aromatic heterocycles. The Bertz CT molecular complexity index is 266. The van der Waals surface area contributed by atoms with Crippen molar-refractivity contribution in [2.75, 3.05) is 19.3 Å². The number of nitrogens with zero attached hydrogens (tertiary/aromatic N) is 1. The molecule has 1 aliphatic rings. The van der Waals surface area contributed by atoms with Crippen molar-refractivity contribution in [3.63, 3.8) is 0 Å². The van der Waals surface area contributed by atoms with Crippen molar-refractivity contribution in [1.29, 1.82) is 0 Å². The number of hydrogen-bond donors (Lipinski definition) is 2. The van der Waals surface area contributed by atoms with Gasteiger partial charge in [-0.1, -0.05) is 13.8 Å². The van der Waals surface area contributed by atoms with E-state index in [1.165, 1.54) is 32.1 Å². The van der Waals surface area contributed by atoms with Gasteiger partial charge >= 0.3 is 0 Å². The zero-order valence-electron chi connectivity index (χ0n) is 13.0. The quantitative estimate of drug-likeness (QED) is 0.428. The molecular weight excluding hydrogens is 254 g/mol. The van der Waals surface area contributed by atoms with Crippen LogP contribution in [0.1, 0.15) is 52.9 Å². The average Bonchev–Trinajstić information content (AvgIpc) is 2.82. The van der Waals surface area contributed by atoms with Crippen molar-refractivity contribution in [2.45, 2.75) is 64.2 Å². The van der Waals surface area contributed by atoms with E-state index in [-0.39, 0.29) is 0 Å². The summed E-state index contributed by atoms with van der Waals surface area (Å²) in [6.07, 6.45) is 8.57. The van der Waals surface area contributed by atoms with Crippen LogP contribution in [0.15, 0.2) is 4.99 Å². The maximum atomic E-state index is 4.69. The number of nitrogens with one attached hydrogen (secondary N) is 2. The van der Waals surface area contributed by atoms with Crippen LogP contribution in [0.3, 0.4) is 0 Å². The molecule has 2 atom stereocenters. The third kappa shape index (κ3) is 7.09. The molecule has 0 bridgehead atoms. The minimum atomic E-state index is 0.611. The van der Waals surface area contributed by atoms with Gasteiger partial charge in [0, 0.05) is 24.4 Å².